The van der Waals surface area contributed by atoms with E-state index in [9.17, 15) is 9.59 Å². The van der Waals surface area contributed by atoms with Crippen molar-refractivity contribution in [1.82, 2.24) is 4.90 Å². The van der Waals surface area contributed by atoms with Crippen LogP contribution in [0.15, 0.2) is 54.6 Å². The molecule has 1 fully saturated rings. The fraction of sp³-hybridized carbons (Fsp3) is 0.125. The predicted molar refractivity (Wildman–Crippen MR) is 81.2 cm³/mol. The number of hydrogen-bond donors (Lipinski definition) is 0. The van der Waals surface area contributed by atoms with E-state index >= 15 is 0 Å². The molecule has 1 aliphatic rings. The second-order valence-electron chi connectivity index (χ2n) is 4.81. The molecule has 2 aromatic carbocycles. The predicted octanol–water partition coefficient (Wildman–Crippen LogP) is 3.31. The average molecular weight is 301 g/mol. The summed E-state index contributed by atoms with van der Waals surface area (Å²) in [6.07, 6.45) is 0. The fourth-order valence-electron chi connectivity index (χ4n) is 2.31. The first-order valence-electron chi connectivity index (χ1n) is 6.56. The molecule has 0 bridgehead atoms. The van der Waals surface area contributed by atoms with Crippen LogP contribution in [0.2, 0.25) is 5.02 Å². The lowest BCUT2D eigenvalue weighted by Crippen LogP contribution is -2.32. The summed E-state index contributed by atoms with van der Waals surface area (Å²) in [5, 5.41) is 0.536. The average Bonchev–Trinajstić information content (AvgIpc) is 2.76. The third kappa shape index (κ3) is 2.76. The van der Waals surface area contributed by atoms with Gasteiger partial charge in [0.1, 0.15) is 6.54 Å². The molecule has 0 unspecified atom stereocenters. The Morgan fingerprint density at radius 3 is 2.48 bits per heavy atom. The van der Waals surface area contributed by atoms with Crippen LogP contribution in [0.4, 0.5) is 10.5 Å². The highest BCUT2D eigenvalue weighted by molar-refractivity contribution is 6.31. The number of rotatable bonds is 3. The quantitative estimate of drug-likeness (QED) is 0.816. The van der Waals surface area contributed by atoms with E-state index in [2.05, 4.69) is 0 Å². The van der Waals surface area contributed by atoms with E-state index in [0.717, 1.165) is 5.56 Å². The molecule has 4 nitrogen and oxygen atoms in total. The van der Waals surface area contributed by atoms with Gasteiger partial charge in [0.05, 0.1) is 6.54 Å². The number of benzene rings is 2. The van der Waals surface area contributed by atoms with Crippen LogP contribution in [0.1, 0.15) is 5.56 Å². The van der Waals surface area contributed by atoms with Crippen LogP contribution in [-0.2, 0) is 11.3 Å². The number of carbonyl (C=O) groups is 2. The molecule has 5 heteroatoms. The zero-order valence-corrected chi connectivity index (χ0v) is 12.0. The van der Waals surface area contributed by atoms with Crippen LogP contribution in [0, 0.1) is 0 Å². The van der Waals surface area contributed by atoms with E-state index in [1.54, 1.807) is 24.3 Å². The zero-order valence-electron chi connectivity index (χ0n) is 11.2. The van der Waals surface area contributed by atoms with Gasteiger partial charge in [-0.2, -0.15) is 0 Å². The largest absolute Gasteiger partial charge is 0.332 e. The Morgan fingerprint density at radius 1 is 1.00 bits per heavy atom. The monoisotopic (exact) mass is 300 g/mol. The number of imide groups is 1. The molecule has 0 radical (unpaired) electrons. The van der Waals surface area contributed by atoms with Gasteiger partial charge in [0, 0.05) is 10.7 Å². The number of carbonyl (C=O) groups excluding carboxylic acids is 2. The lowest BCUT2D eigenvalue weighted by atomic mass is 10.2. The second-order valence-corrected chi connectivity index (χ2v) is 5.25. The summed E-state index contributed by atoms with van der Waals surface area (Å²) in [5.74, 6) is -0.205. The van der Waals surface area contributed by atoms with Crippen molar-refractivity contribution in [1.29, 1.82) is 0 Å². The Morgan fingerprint density at radius 2 is 1.76 bits per heavy atom. The smallest absolute Gasteiger partial charge is 0.284 e. The molecule has 0 aliphatic carbocycles. The maximum Gasteiger partial charge on any atom is 0.332 e. The molecule has 0 spiro atoms. The van der Waals surface area contributed by atoms with Crippen molar-refractivity contribution in [3.8, 4) is 0 Å². The van der Waals surface area contributed by atoms with Crippen molar-refractivity contribution in [2.24, 2.45) is 0 Å². The van der Waals surface area contributed by atoms with Gasteiger partial charge in [-0.25, -0.2) is 4.79 Å². The highest BCUT2D eigenvalue weighted by atomic mass is 35.5. The Hall–Kier alpha value is -2.33. The number of urea groups is 1. The fourth-order valence-corrected chi connectivity index (χ4v) is 2.49. The topological polar surface area (TPSA) is 40.6 Å². The molecule has 3 amide bonds. The second kappa shape index (κ2) is 5.58. The molecule has 0 N–H and O–H groups in total. The summed E-state index contributed by atoms with van der Waals surface area (Å²) in [7, 11) is 0. The minimum Gasteiger partial charge on any atom is -0.284 e. The van der Waals surface area contributed by atoms with Crippen molar-refractivity contribution < 1.29 is 9.59 Å². The highest BCUT2D eigenvalue weighted by Gasteiger charge is 2.36. The Balaban J connectivity index is 1.82. The van der Waals surface area contributed by atoms with Gasteiger partial charge < -0.3 is 0 Å². The molecule has 0 saturated carbocycles. The third-order valence-electron chi connectivity index (χ3n) is 3.36. The maximum absolute atomic E-state index is 12.4. The number of amides is 3. The van der Waals surface area contributed by atoms with Gasteiger partial charge in [-0.05, 0) is 23.8 Å². The number of nitrogens with zero attached hydrogens (tertiary/aromatic N) is 2. The first-order valence-corrected chi connectivity index (χ1v) is 6.94. The lowest BCUT2D eigenvalue weighted by Gasteiger charge is -2.17. The molecule has 3 rings (SSSR count). The summed E-state index contributed by atoms with van der Waals surface area (Å²) < 4.78 is 0. The Labute approximate surface area is 127 Å². The van der Waals surface area contributed by atoms with Gasteiger partial charge in [0.25, 0.3) is 5.91 Å². The van der Waals surface area contributed by atoms with E-state index in [-0.39, 0.29) is 25.0 Å². The number of anilines is 1. The van der Waals surface area contributed by atoms with Crippen LogP contribution >= 0.6 is 11.6 Å². The minimum absolute atomic E-state index is 0.0476. The molecule has 21 heavy (non-hydrogen) atoms. The molecule has 106 valence electrons. The molecule has 0 atom stereocenters. The maximum atomic E-state index is 12.4. The lowest BCUT2D eigenvalue weighted by molar-refractivity contribution is -0.125. The van der Waals surface area contributed by atoms with Gasteiger partial charge in [-0.1, -0.05) is 48.0 Å². The van der Waals surface area contributed by atoms with Crippen LogP contribution in [0.25, 0.3) is 0 Å². The normalized spacial score (nSPS) is 14.9. The number of hydrogen-bond acceptors (Lipinski definition) is 2. The van der Waals surface area contributed by atoms with Gasteiger partial charge in [0.2, 0.25) is 0 Å². The van der Waals surface area contributed by atoms with Gasteiger partial charge >= 0.3 is 6.03 Å². The molecule has 1 saturated heterocycles. The van der Waals surface area contributed by atoms with Crippen LogP contribution in [0.3, 0.4) is 0 Å². The summed E-state index contributed by atoms with van der Waals surface area (Å²) in [6.45, 7) is 0.335. The van der Waals surface area contributed by atoms with Crippen molar-refractivity contribution in [3.63, 3.8) is 0 Å². The molecule has 0 aromatic heterocycles. The molecular weight excluding hydrogens is 288 g/mol. The van der Waals surface area contributed by atoms with Gasteiger partial charge in [0.15, 0.2) is 0 Å². The van der Waals surface area contributed by atoms with Crippen molar-refractivity contribution in [2.45, 2.75) is 6.54 Å². The molecule has 1 heterocycles. The third-order valence-corrected chi connectivity index (χ3v) is 3.59. The van der Waals surface area contributed by atoms with Gasteiger partial charge in [-0.15, -0.1) is 0 Å². The standard InChI is InChI=1S/C16H13ClN2O2/c17-13-7-4-8-14(9-13)18-11-15(20)19(16(18)21)10-12-5-2-1-3-6-12/h1-9H,10-11H2. The van der Waals surface area contributed by atoms with E-state index in [0.29, 0.717) is 10.7 Å². The summed E-state index contributed by atoms with van der Waals surface area (Å²) >= 11 is 5.94. The summed E-state index contributed by atoms with van der Waals surface area (Å²) in [4.78, 5) is 27.2. The first-order chi connectivity index (χ1) is 10.1. The summed E-state index contributed by atoms with van der Waals surface area (Å²) in [6, 6.07) is 16.1. The Bertz CT molecular complexity index is 688. The van der Waals surface area contributed by atoms with Crippen LogP contribution in [-0.4, -0.2) is 23.4 Å². The molecule has 1 aliphatic heterocycles. The van der Waals surface area contributed by atoms with Gasteiger partial charge in [-0.3, -0.25) is 14.6 Å². The highest BCUT2D eigenvalue weighted by Crippen LogP contribution is 2.24. The number of halogens is 1. The van der Waals surface area contributed by atoms with E-state index < -0.39 is 0 Å². The first kappa shape index (κ1) is 13.6. The van der Waals surface area contributed by atoms with E-state index in [1.165, 1.54) is 9.80 Å². The SMILES string of the molecule is O=C1CN(c2cccc(Cl)c2)C(=O)N1Cc1ccccc1. The van der Waals surface area contributed by atoms with Crippen LogP contribution in [0.5, 0.6) is 0 Å². The van der Waals surface area contributed by atoms with Crippen molar-refractivity contribution >= 4 is 29.2 Å². The van der Waals surface area contributed by atoms with E-state index in [1.807, 2.05) is 30.3 Å². The van der Waals surface area contributed by atoms with E-state index in [4.69, 9.17) is 11.6 Å². The van der Waals surface area contributed by atoms with Crippen molar-refractivity contribution in [3.05, 3.63) is 65.2 Å². The van der Waals surface area contributed by atoms with Crippen molar-refractivity contribution in [2.75, 3.05) is 11.4 Å². The Kier molecular flexibility index (Phi) is 3.62. The summed E-state index contributed by atoms with van der Waals surface area (Å²) in [5.41, 5.74) is 1.56. The minimum atomic E-state index is -0.314. The zero-order chi connectivity index (χ0) is 14.8. The van der Waals surface area contributed by atoms with Crippen LogP contribution < -0.4 is 4.90 Å². The molecule has 2 aromatic rings. The molecular formula is C16H13ClN2O2.